The molecule has 4 saturated carbocycles. The van der Waals surface area contributed by atoms with E-state index in [0.717, 1.165) is 5.57 Å². The first kappa shape index (κ1) is 15.7. The van der Waals surface area contributed by atoms with Crippen LogP contribution in [0.3, 0.4) is 0 Å². The smallest absolute Gasteiger partial charge is 0.309 e. The third-order valence-electron chi connectivity index (χ3n) is 6.81. The number of carbonyl (C=O) groups is 4. The van der Waals surface area contributed by atoms with Crippen LogP contribution in [-0.4, -0.2) is 29.4 Å². The summed E-state index contributed by atoms with van der Waals surface area (Å²) in [5.74, 6) is -3.07. The van der Waals surface area contributed by atoms with Gasteiger partial charge in [0.15, 0.2) is 0 Å². The van der Waals surface area contributed by atoms with Gasteiger partial charge in [-0.05, 0) is 32.1 Å². The minimum Gasteiger partial charge on any atom is -0.461 e. The SMILES string of the molecule is C=C(C)C1CC(=O)C2C(C1)C1C(=O)OC3C1CC(=O)C2C3C(C)=O. The Bertz CT molecular complexity index is 677. The third-order valence-corrected chi connectivity index (χ3v) is 6.81. The van der Waals surface area contributed by atoms with E-state index in [1.807, 2.05) is 6.92 Å². The number of ketones is 3. The Kier molecular flexibility index (Phi) is 3.35. The van der Waals surface area contributed by atoms with Crippen LogP contribution in [0.5, 0.6) is 0 Å². The van der Waals surface area contributed by atoms with E-state index >= 15 is 0 Å². The average Bonchev–Trinajstić information content (AvgIpc) is 2.66. The number of fused-ring (bicyclic) bond motifs is 1. The topological polar surface area (TPSA) is 77.5 Å². The standard InChI is InChI=1S/C19H22O5/c1-7(2)9-4-10-15-11-6-13(22)17(16(10)12(21)5-9)14(8(3)20)18(11)24-19(15)23/h9-11,14-18H,1,4-6H2,2-3H3. The molecule has 5 aliphatic rings. The lowest BCUT2D eigenvalue weighted by molar-refractivity contribution is -0.161. The summed E-state index contributed by atoms with van der Waals surface area (Å²) in [5, 5.41) is 0. The molecule has 1 heterocycles. The monoisotopic (exact) mass is 330 g/mol. The summed E-state index contributed by atoms with van der Waals surface area (Å²) in [5.41, 5.74) is 0.941. The van der Waals surface area contributed by atoms with Gasteiger partial charge in [-0.25, -0.2) is 0 Å². The molecule has 8 unspecified atom stereocenters. The zero-order valence-corrected chi connectivity index (χ0v) is 14.0. The fourth-order valence-electron chi connectivity index (χ4n) is 5.82. The molecule has 5 rings (SSSR count). The van der Waals surface area contributed by atoms with Crippen molar-refractivity contribution >= 4 is 23.3 Å². The highest BCUT2D eigenvalue weighted by atomic mass is 16.6. The highest BCUT2D eigenvalue weighted by molar-refractivity contribution is 5.98. The molecule has 0 aromatic heterocycles. The largest absolute Gasteiger partial charge is 0.461 e. The summed E-state index contributed by atoms with van der Waals surface area (Å²) >= 11 is 0. The zero-order valence-electron chi connectivity index (χ0n) is 14.0. The van der Waals surface area contributed by atoms with Crippen molar-refractivity contribution in [2.45, 2.75) is 39.2 Å². The summed E-state index contributed by atoms with van der Waals surface area (Å²) in [4.78, 5) is 50.5. The van der Waals surface area contributed by atoms with Gasteiger partial charge in [0.05, 0.1) is 11.8 Å². The Balaban J connectivity index is 1.85. The number of ether oxygens (including phenoxy) is 1. The number of allylic oxidation sites excluding steroid dienone is 1. The maximum atomic E-state index is 12.9. The molecule has 24 heavy (non-hydrogen) atoms. The van der Waals surface area contributed by atoms with Gasteiger partial charge in [-0.1, -0.05) is 12.2 Å². The van der Waals surface area contributed by atoms with Gasteiger partial charge in [-0.3, -0.25) is 19.2 Å². The fraction of sp³-hybridized carbons (Fsp3) is 0.684. The molecular formula is C19H22O5. The molecule has 0 radical (unpaired) electrons. The molecule has 0 aromatic rings. The number of hydrogen-bond acceptors (Lipinski definition) is 5. The van der Waals surface area contributed by atoms with Gasteiger partial charge in [0.25, 0.3) is 0 Å². The van der Waals surface area contributed by atoms with Crippen molar-refractivity contribution in [1.29, 1.82) is 0 Å². The fourth-order valence-corrected chi connectivity index (χ4v) is 5.82. The van der Waals surface area contributed by atoms with Crippen molar-refractivity contribution < 1.29 is 23.9 Å². The number of carbonyl (C=O) groups excluding carboxylic acids is 4. The zero-order chi connectivity index (χ0) is 17.3. The first-order chi connectivity index (χ1) is 11.3. The van der Waals surface area contributed by atoms with E-state index in [2.05, 4.69) is 6.58 Å². The molecule has 5 heteroatoms. The van der Waals surface area contributed by atoms with Crippen LogP contribution in [0.25, 0.3) is 0 Å². The Morgan fingerprint density at radius 2 is 1.67 bits per heavy atom. The average molecular weight is 330 g/mol. The quantitative estimate of drug-likeness (QED) is 0.569. The van der Waals surface area contributed by atoms with Crippen molar-refractivity contribution in [2.24, 2.45) is 41.4 Å². The number of Topliss-reactive ketones (excluding diaryl/α,β-unsaturated/α-hetero) is 3. The number of hydrogen-bond donors (Lipinski definition) is 0. The van der Waals surface area contributed by atoms with Gasteiger partial charge in [0.2, 0.25) is 0 Å². The molecule has 128 valence electrons. The second-order valence-electron chi connectivity index (χ2n) is 8.06. The van der Waals surface area contributed by atoms with Gasteiger partial charge >= 0.3 is 5.97 Å². The molecule has 4 bridgehead atoms. The van der Waals surface area contributed by atoms with Crippen molar-refractivity contribution in [3.8, 4) is 0 Å². The third kappa shape index (κ3) is 1.93. The van der Waals surface area contributed by atoms with E-state index < -0.39 is 29.8 Å². The number of rotatable bonds is 2. The van der Waals surface area contributed by atoms with Gasteiger partial charge in [0, 0.05) is 30.6 Å². The van der Waals surface area contributed by atoms with Crippen LogP contribution < -0.4 is 0 Å². The maximum absolute atomic E-state index is 12.9. The van der Waals surface area contributed by atoms with Gasteiger partial charge in [-0.15, -0.1) is 0 Å². The van der Waals surface area contributed by atoms with E-state index in [1.165, 1.54) is 6.92 Å². The highest BCUT2D eigenvalue weighted by Gasteiger charge is 2.67. The van der Waals surface area contributed by atoms with E-state index in [4.69, 9.17) is 4.74 Å². The minimum absolute atomic E-state index is 0.0184. The summed E-state index contributed by atoms with van der Waals surface area (Å²) in [6.45, 7) is 7.33. The molecule has 1 aliphatic heterocycles. The van der Waals surface area contributed by atoms with Crippen LogP contribution in [-0.2, 0) is 23.9 Å². The Labute approximate surface area is 140 Å². The molecule has 0 spiro atoms. The first-order valence-electron chi connectivity index (χ1n) is 8.73. The van der Waals surface area contributed by atoms with Crippen LogP contribution >= 0.6 is 0 Å². The maximum Gasteiger partial charge on any atom is 0.309 e. The lowest BCUT2D eigenvalue weighted by Crippen LogP contribution is -2.50. The van der Waals surface area contributed by atoms with E-state index in [1.54, 1.807) is 0 Å². The predicted molar refractivity (Wildman–Crippen MR) is 83.7 cm³/mol. The molecule has 4 aliphatic carbocycles. The predicted octanol–water partition coefficient (Wildman–Crippen LogP) is 1.74. The van der Waals surface area contributed by atoms with Crippen molar-refractivity contribution in [3.05, 3.63) is 12.2 Å². The normalized spacial score (nSPS) is 46.3. The summed E-state index contributed by atoms with van der Waals surface area (Å²) in [6, 6.07) is 0. The van der Waals surface area contributed by atoms with Crippen LogP contribution in [0.4, 0.5) is 0 Å². The van der Waals surface area contributed by atoms with Crippen LogP contribution in [0.15, 0.2) is 12.2 Å². The Hall–Kier alpha value is -1.78. The summed E-state index contributed by atoms with van der Waals surface area (Å²) < 4.78 is 5.56. The molecule has 0 N–H and O–H groups in total. The lowest BCUT2D eigenvalue weighted by Gasteiger charge is -2.41. The molecule has 0 aromatic carbocycles. The second-order valence-corrected chi connectivity index (χ2v) is 8.06. The number of esters is 1. The van der Waals surface area contributed by atoms with Crippen molar-refractivity contribution in [1.82, 2.24) is 0 Å². The van der Waals surface area contributed by atoms with E-state index in [0.29, 0.717) is 12.8 Å². The van der Waals surface area contributed by atoms with Crippen LogP contribution in [0, 0.1) is 41.4 Å². The first-order valence-corrected chi connectivity index (χ1v) is 8.73. The Morgan fingerprint density at radius 1 is 1.00 bits per heavy atom. The molecule has 5 fully saturated rings. The molecule has 1 saturated heterocycles. The van der Waals surface area contributed by atoms with Crippen molar-refractivity contribution in [2.75, 3.05) is 0 Å². The van der Waals surface area contributed by atoms with E-state index in [-0.39, 0.29) is 47.5 Å². The summed E-state index contributed by atoms with van der Waals surface area (Å²) in [6.07, 6.45) is 0.781. The Morgan fingerprint density at radius 3 is 2.29 bits per heavy atom. The minimum atomic E-state index is -0.648. The molecular weight excluding hydrogens is 308 g/mol. The van der Waals surface area contributed by atoms with Crippen LogP contribution in [0.2, 0.25) is 0 Å². The van der Waals surface area contributed by atoms with Crippen LogP contribution in [0.1, 0.15) is 33.1 Å². The van der Waals surface area contributed by atoms with Crippen molar-refractivity contribution in [3.63, 3.8) is 0 Å². The second kappa shape index (κ2) is 5.11. The highest BCUT2D eigenvalue weighted by Crippen LogP contribution is 2.58. The molecule has 5 nitrogen and oxygen atoms in total. The summed E-state index contributed by atoms with van der Waals surface area (Å²) in [7, 11) is 0. The van der Waals surface area contributed by atoms with Gasteiger partial charge in [-0.2, -0.15) is 0 Å². The molecule has 8 atom stereocenters. The molecule has 0 amide bonds. The van der Waals surface area contributed by atoms with Gasteiger partial charge in [0.1, 0.15) is 23.5 Å². The van der Waals surface area contributed by atoms with Gasteiger partial charge < -0.3 is 4.74 Å². The van der Waals surface area contributed by atoms with E-state index in [9.17, 15) is 19.2 Å². The lowest BCUT2D eigenvalue weighted by atomic mass is 9.61.